The maximum atomic E-state index is 12.8. The minimum atomic E-state index is -0.748. The lowest BCUT2D eigenvalue weighted by molar-refractivity contribution is -0.133. The van der Waals surface area contributed by atoms with E-state index in [9.17, 15) is 14.3 Å². The largest absolute Gasteiger partial charge is 0.387 e. The van der Waals surface area contributed by atoms with Crippen molar-refractivity contribution >= 4 is 5.91 Å². The molecule has 0 aliphatic heterocycles. The van der Waals surface area contributed by atoms with Gasteiger partial charge in [0.1, 0.15) is 5.82 Å². The summed E-state index contributed by atoms with van der Waals surface area (Å²) in [7, 11) is 0. The van der Waals surface area contributed by atoms with Crippen molar-refractivity contribution in [1.29, 1.82) is 0 Å². The lowest BCUT2D eigenvalue weighted by atomic mass is 10.1. The van der Waals surface area contributed by atoms with Crippen molar-refractivity contribution in [3.63, 3.8) is 0 Å². The summed E-state index contributed by atoms with van der Waals surface area (Å²) in [5, 5.41) is 10.2. The van der Waals surface area contributed by atoms with E-state index in [0.717, 1.165) is 19.3 Å². The third-order valence-corrected chi connectivity index (χ3v) is 3.40. The van der Waals surface area contributed by atoms with Crippen LogP contribution in [0.25, 0.3) is 0 Å². The lowest BCUT2D eigenvalue weighted by Gasteiger charge is -2.25. The molecule has 0 heterocycles. The second-order valence-electron chi connectivity index (χ2n) is 5.09. The van der Waals surface area contributed by atoms with Gasteiger partial charge in [-0.3, -0.25) is 4.79 Å². The van der Waals surface area contributed by atoms with Crippen LogP contribution in [0.15, 0.2) is 24.3 Å². The Hall–Kier alpha value is -1.42. The van der Waals surface area contributed by atoms with E-state index in [4.69, 9.17) is 0 Å². The molecule has 0 bridgehead atoms. The molecule has 0 aromatic heterocycles. The number of hydrogen-bond donors (Lipinski definition) is 1. The highest BCUT2D eigenvalue weighted by molar-refractivity contribution is 5.76. The molecule has 1 aromatic carbocycles. The summed E-state index contributed by atoms with van der Waals surface area (Å²) in [6.07, 6.45) is 2.63. The molecule has 0 spiro atoms. The van der Waals surface area contributed by atoms with Crippen molar-refractivity contribution in [1.82, 2.24) is 4.90 Å². The summed E-state index contributed by atoms with van der Waals surface area (Å²) in [5.74, 6) is -0.219. The van der Waals surface area contributed by atoms with E-state index in [-0.39, 0.29) is 17.8 Å². The molecule has 19 heavy (non-hydrogen) atoms. The number of rotatable bonds is 6. The van der Waals surface area contributed by atoms with Gasteiger partial charge in [-0.15, -0.1) is 0 Å². The van der Waals surface area contributed by atoms with Crippen molar-refractivity contribution in [2.75, 3.05) is 6.54 Å². The van der Waals surface area contributed by atoms with Gasteiger partial charge in [0.2, 0.25) is 5.91 Å². The first-order valence-corrected chi connectivity index (χ1v) is 6.84. The first-order valence-electron chi connectivity index (χ1n) is 6.84. The van der Waals surface area contributed by atoms with E-state index in [1.807, 2.05) is 6.92 Å². The smallest absolute Gasteiger partial charge is 0.222 e. The number of hydrogen-bond acceptors (Lipinski definition) is 2. The van der Waals surface area contributed by atoms with Crippen LogP contribution >= 0.6 is 0 Å². The second-order valence-corrected chi connectivity index (χ2v) is 5.09. The molecule has 1 saturated carbocycles. The van der Waals surface area contributed by atoms with E-state index < -0.39 is 6.10 Å². The zero-order valence-electron chi connectivity index (χ0n) is 11.2. The molecule has 0 radical (unpaired) electrons. The Morgan fingerprint density at radius 1 is 1.42 bits per heavy atom. The van der Waals surface area contributed by atoms with Gasteiger partial charge in [-0.2, -0.15) is 0 Å². The third-order valence-electron chi connectivity index (χ3n) is 3.40. The molecule has 3 nitrogen and oxygen atoms in total. The second kappa shape index (κ2) is 6.15. The predicted octanol–water partition coefficient (Wildman–Crippen LogP) is 2.65. The molecule has 1 unspecified atom stereocenters. The summed E-state index contributed by atoms with van der Waals surface area (Å²) < 4.78 is 12.8. The van der Waals surface area contributed by atoms with Crippen LogP contribution in [0.3, 0.4) is 0 Å². The number of nitrogens with zero attached hydrogens (tertiary/aromatic N) is 1. The highest BCUT2D eigenvalue weighted by Gasteiger charge is 2.33. The number of aliphatic hydroxyl groups excluding tert-OH is 1. The Kier molecular flexibility index (Phi) is 4.53. The zero-order chi connectivity index (χ0) is 13.8. The van der Waals surface area contributed by atoms with Crippen LogP contribution in [0.5, 0.6) is 0 Å². The molecule has 1 aromatic rings. The van der Waals surface area contributed by atoms with E-state index in [0.29, 0.717) is 18.5 Å². The third kappa shape index (κ3) is 3.77. The maximum Gasteiger partial charge on any atom is 0.222 e. The molecule has 1 aliphatic carbocycles. The summed E-state index contributed by atoms with van der Waals surface area (Å²) in [6, 6.07) is 6.07. The van der Waals surface area contributed by atoms with E-state index in [2.05, 4.69) is 0 Å². The number of carbonyl (C=O) groups excluding carboxylic acids is 1. The van der Waals surface area contributed by atoms with Crippen LogP contribution in [0.4, 0.5) is 4.39 Å². The van der Waals surface area contributed by atoms with Gasteiger partial charge < -0.3 is 10.0 Å². The van der Waals surface area contributed by atoms with Crippen LogP contribution in [-0.2, 0) is 4.79 Å². The summed E-state index contributed by atoms with van der Waals surface area (Å²) in [5.41, 5.74) is 0.649. The number of halogens is 1. The standard InChI is InChI=1S/C15H20FNO2/c1-2-3-15(19)17(13-8-9-13)10-14(18)11-4-6-12(16)7-5-11/h4-7,13-14,18H,2-3,8-10H2,1H3. The molecule has 104 valence electrons. The molecule has 1 N–H and O–H groups in total. The van der Waals surface area contributed by atoms with E-state index in [1.165, 1.54) is 12.1 Å². The predicted molar refractivity (Wildman–Crippen MR) is 71.0 cm³/mol. The number of carbonyl (C=O) groups is 1. The molecule has 1 aliphatic rings. The molecular formula is C15H20FNO2. The van der Waals surface area contributed by atoms with Crippen LogP contribution in [0.2, 0.25) is 0 Å². The lowest BCUT2D eigenvalue weighted by Crippen LogP contribution is -2.36. The molecule has 1 atom stereocenters. The Labute approximate surface area is 113 Å². The normalized spacial score (nSPS) is 16.2. The number of aliphatic hydroxyl groups is 1. The van der Waals surface area contributed by atoms with Crippen LogP contribution in [0, 0.1) is 5.82 Å². The van der Waals surface area contributed by atoms with Crippen molar-refractivity contribution in [2.24, 2.45) is 0 Å². The number of amides is 1. The van der Waals surface area contributed by atoms with Gasteiger partial charge in [-0.05, 0) is 37.0 Å². The molecular weight excluding hydrogens is 245 g/mol. The number of benzene rings is 1. The highest BCUT2D eigenvalue weighted by Crippen LogP contribution is 2.29. The van der Waals surface area contributed by atoms with Crippen molar-refractivity contribution < 1.29 is 14.3 Å². The van der Waals surface area contributed by atoms with Crippen molar-refractivity contribution in [3.05, 3.63) is 35.6 Å². The molecule has 1 fully saturated rings. The van der Waals surface area contributed by atoms with Gasteiger partial charge in [-0.1, -0.05) is 19.1 Å². The first kappa shape index (κ1) is 14.0. The van der Waals surface area contributed by atoms with E-state index in [1.54, 1.807) is 17.0 Å². The minimum absolute atomic E-state index is 0.103. The van der Waals surface area contributed by atoms with Crippen molar-refractivity contribution in [3.8, 4) is 0 Å². The highest BCUT2D eigenvalue weighted by atomic mass is 19.1. The monoisotopic (exact) mass is 265 g/mol. The fraction of sp³-hybridized carbons (Fsp3) is 0.533. The molecule has 0 saturated heterocycles. The van der Waals surface area contributed by atoms with Gasteiger partial charge in [0, 0.05) is 12.5 Å². The topological polar surface area (TPSA) is 40.5 Å². The van der Waals surface area contributed by atoms with Gasteiger partial charge >= 0.3 is 0 Å². The zero-order valence-corrected chi connectivity index (χ0v) is 11.2. The first-order chi connectivity index (χ1) is 9.11. The fourth-order valence-electron chi connectivity index (χ4n) is 2.17. The van der Waals surface area contributed by atoms with Gasteiger partial charge in [0.05, 0.1) is 12.6 Å². The van der Waals surface area contributed by atoms with Crippen molar-refractivity contribution in [2.45, 2.75) is 44.8 Å². The molecule has 4 heteroatoms. The van der Waals surface area contributed by atoms with Crippen LogP contribution in [-0.4, -0.2) is 28.5 Å². The van der Waals surface area contributed by atoms with Gasteiger partial charge in [0.25, 0.3) is 0 Å². The molecule has 1 amide bonds. The maximum absolute atomic E-state index is 12.8. The quantitative estimate of drug-likeness (QED) is 0.859. The van der Waals surface area contributed by atoms with E-state index >= 15 is 0 Å². The Morgan fingerprint density at radius 3 is 2.58 bits per heavy atom. The average Bonchev–Trinajstić information content (AvgIpc) is 3.21. The van der Waals surface area contributed by atoms with Gasteiger partial charge in [0.15, 0.2) is 0 Å². The average molecular weight is 265 g/mol. The SMILES string of the molecule is CCCC(=O)N(CC(O)c1ccc(F)cc1)C1CC1. The summed E-state index contributed by atoms with van der Waals surface area (Å²) >= 11 is 0. The van der Waals surface area contributed by atoms with Crippen LogP contribution in [0.1, 0.15) is 44.3 Å². The van der Waals surface area contributed by atoms with Crippen LogP contribution < -0.4 is 0 Å². The Bertz CT molecular complexity index is 428. The molecule has 2 rings (SSSR count). The Balaban J connectivity index is 2.00. The summed E-state index contributed by atoms with van der Waals surface area (Å²) in [6.45, 7) is 2.27. The Morgan fingerprint density at radius 2 is 2.05 bits per heavy atom. The van der Waals surface area contributed by atoms with Gasteiger partial charge in [-0.25, -0.2) is 4.39 Å². The minimum Gasteiger partial charge on any atom is -0.387 e. The fourth-order valence-corrected chi connectivity index (χ4v) is 2.17. The summed E-state index contributed by atoms with van der Waals surface area (Å²) in [4.78, 5) is 13.8.